The minimum absolute atomic E-state index is 0.0606. The number of aliphatic imine (C=N–C) groups is 1. The fourth-order valence-electron chi connectivity index (χ4n) is 3.19. The number of benzene rings is 1. The van der Waals surface area contributed by atoms with Gasteiger partial charge in [0, 0.05) is 39.8 Å². The number of furan rings is 1. The molecule has 7 nitrogen and oxygen atoms in total. The summed E-state index contributed by atoms with van der Waals surface area (Å²) in [4.78, 5) is 20.8. The van der Waals surface area contributed by atoms with Crippen molar-refractivity contribution in [2.75, 3.05) is 33.2 Å². The molecule has 3 rings (SSSR count). The molecule has 0 aliphatic carbocycles. The SMILES string of the molecule is CN=C(NCc1cccc(OC(C)C)c1)N1CCN(C(=O)c2ccco2)CC1. The smallest absolute Gasteiger partial charge is 0.289 e. The summed E-state index contributed by atoms with van der Waals surface area (Å²) in [7, 11) is 1.78. The number of carbonyl (C=O) groups excluding carboxylic acids is 1. The van der Waals surface area contributed by atoms with Crippen LogP contribution in [0.1, 0.15) is 30.0 Å². The first kappa shape index (κ1) is 19.8. The van der Waals surface area contributed by atoms with E-state index in [9.17, 15) is 4.79 Å². The second-order valence-corrected chi connectivity index (χ2v) is 6.97. The molecule has 28 heavy (non-hydrogen) atoms. The number of ether oxygens (including phenoxy) is 1. The van der Waals surface area contributed by atoms with Gasteiger partial charge in [0.2, 0.25) is 0 Å². The van der Waals surface area contributed by atoms with Gasteiger partial charge in [0.25, 0.3) is 5.91 Å². The molecule has 0 atom stereocenters. The third-order valence-electron chi connectivity index (χ3n) is 4.53. The van der Waals surface area contributed by atoms with Crippen LogP contribution in [0.4, 0.5) is 0 Å². The van der Waals surface area contributed by atoms with Crippen molar-refractivity contribution in [3.63, 3.8) is 0 Å². The molecule has 1 amide bonds. The largest absolute Gasteiger partial charge is 0.491 e. The van der Waals surface area contributed by atoms with E-state index >= 15 is 0 Å². The van der Waals surface area contributed by atoms with Crippen LogP contribution in [0.5, 0.6) is 5.75 Å². The molecule has 1 aromatic heterocycles. The number of hydrogen-bond donors (Lipinski definition) is 1. The Labute approximate surface area is 166 Å². The van der Waals surface area contributed by atoms with Crippen molar-refractivity contribution < 1.29 is 13.9 Å². The zero-order valence-electron chi connectivity index (χ0n) is 16.7. The fraction of sp³-hybridized carbons (Fsp3) is 0.429. The Bertz CT molecular complexity index is 794. The Hall–Kier alpha value is -2.96. The lowest BCUT2D eigenvalue weighted by Crippen LogP contribution is -2.53. The highest BCUT2D eigenvalue weighted by molar-refractivity contribution is 5.91. The number of piperazine rings is 1. The van der Waals surface area contributed by atoms with Gasteiger partial charge < -0.3 is 24.3 Å². The molecule has 0 unspecified atom stereocenters. The zero-order chi connectivity index (χ0) is 19.9. The normalized spacial score (nSPS) is 15.1. The Kier molecular flexibility index (Phi) is 6.57. The maximum Gasteiger partial charge on any atom is 0.289 e. The van der Waals surface area contributed by atoms with Crippen LogP contribution < -0.4 is 10.1 Å². The van der Waals surface area contributed by atoms with Crippen molar-refractivity contribution in [3.8, 4) is 5.75 Å². The average molecular weight is 384 g/mol. The predicted molar refractivity (Wildman–Crippen MR) is 109 cm³/mol. The summed E-state index contributed by atoms with van der Waals surface area (Å²) in [5, 5.41) is 3.41. The maximum atomic E-state index is 12.4. The van der Waals surface area contributed by atoms with Crippen LogP contribution in [-0.2, 0) is 6.54 Å². The van der Waals surface area contributed by atoms with E-state index in [0.29, 0.717) is 25.4 Å². The van der Waals surface area contributed by atoms with Crippen LogP contribution in [-0.4, -0.2) is 61.0 Å². The molecular formula is C21H28N4O3. The summed E-state index contributed by atoms with van der Waals surface area (Å²) in [6, 6.07) is 11.5. The van der Waals surface area contributed by atoms with E-state index in [4.69, 9.17) is 9.15 Å². The number of amides is 1. The van der Waals surface area contributed by atoms with E-state index in [1.165, 1.54) is 6.26 Å². The lowest BCUT2D eigenvalue weighted by Gasteiger charge is -2.36. The Balaban J connectivity index is 1.52. The summed E-state index contributed by atoms with van der Waals surface area (Å²) in [5.41, 5.74) is 1.13. The predicted octanol–water partition coefficient (Wildman–Crippen LogP) is 2.60. The molecule has 0 saturated carbocycles. The number of rotatable bonds is 5. The standard InChI is InChI=1S/C21H28N4O3/c1-16(2)28-18-7-4-6-17(14-18)15-23-21(22-3)25-11-9-24(10-12-25)20(26)19-8-5-13-27-19/h4-8,13-14,16H,9-12,15H2,1-3H3,(H,22,23). The van der Waals surface area contributed by atoms with Gasteiger partial charge in [-0.3, -0.25) is 9.79 Å². The zero-order valence-corrected chi connectivity index (χ0v) is 16.7. The molecule has 1 aliphatic rings. The van der Waals surface area contributed by atoms with E-state index < -0.39 is 0 Å². The van der Waals surface area contributed by atoms with Gasteiger partial charge in [0.15, 0.2) is 11.7 Å². The minimum atomic E-state index is -0.0606. The molecular weight excluding hydrogens is 356 g/mol. The highest BCUT2D eigenvalue weighted by Crippen LogP contribution is 2.15. The second-order valence-electron chi connectivity index (χ2n) is 6.97. The molecule has 0 bridgehead atoms. The van der Waals surface area contributed by atoms with Gasteiger partial charge in [-0.2, -0.15) is 0 Å². The van der Waals surface area contributed by atoms with Gasteiger partial charge in [-0.05, 0) is 43.7 Å². The quantitative estimate of drug-likeness (QED) is 0.634. The molecule has 2 heterocycles. The van der Waals surface area contributed by atoms with Crippen molar-refractivity contribution >= 4 is 11.9 Å². The van der Waals surface area contributed by atoms with E-state index in [1.807, 2.05) is 36.9 Å². The minimum Gasteiger partial charge on any atom is -0.491 e. The van der Waals surface area contributed by atoms with E-state index in [0.717, 1.165) is 30.4 Å². The van der Waals surface area contributed by atoms with Gasteiger partial charge in [0.05, 0.1) is 12.4 Å². The number of nitrogens with zero attached hydrogens (tertiary/aromatic N) is 3. The van der Waals surface area contributed by atoms with Crippen molar-refractivity contribution in [2.24, 2.45) is 4.99 Å². The monoisotopic (exact) mass is 384 g/mol. The van der Waals surface area contributed by atoms with Crippen molar-refractivity contribution in [3.05, 3.63) is 54.0 Å². The molecule has 0 spiro atoms. The van der Waals surface area contributed by atoms with Crippen molar-refractivity contribution in [1.29, 1.82) is 0 Å². The number of carbonyl (C=O) groups is 1. The summed E-state index contributed by atoms with van der Waals surface area (Å²) in [6.07, 6.45) is 1.67. The average Bonchev–Trinajstić information content (AvgIpc) is 3.23. The number of hydrogen-bond acceptors (Lipinski definition) is 4. The molecule has 1 aliphatic heterocycles. The third-order valence-corrected chi connectivity index (χ3v) is 4.53. The van der Waals surface area contributed by atoms with Crippen LogP contribution in [0.25, 0.3) is 0 Å². The Morgan fingerprint density at radius 2 is 1.93 bits per heavy atom. The second kappa shape index (κ2) is 9.30. The third kappa shape index (κ3) is 5.06. The topological polar surface area (TPSA) is 70.3 Å². The van der Waals surface area contributed by atoms with Crippen LogP contribution >= 0.6 is 0 Å². The Morgan fingerprint density at radius 1 is 1.18 bits per heavy atom. The van der Waals surface area contributed by atoms with Crippen molar-refractivity contribution in [2.45, 2.75) is 26.5 Å². The Morgan fingerprint density at radius 3 is 2.57 bits per heavy atom. The number of nitrogens with one attached hydrogen (secondary N) is 1. The molecule has 1 N–H and O–H groups in total. The van der Waals surface area contributed by atoms with E-state index in [2.05, 4.69) is 21.3 Å². The van der Waals surface area contributed by atoms with Crippen LogP contribution in [0.2, 0.25) is 0 Å². The van der Waals surface area contributed by atoms with Gasteiger partial charge >= 0.3 is 0 Å². The lowest BCUT2D eigenvalue weighted by atomic mass is 10.2. The van der Waals surface area contributed by atoms with E-state index in [1.54, 1.807) is 19.2 Å². The first-order valence-electron chi connectivity index (χ1n) is 9.61. The van der Waals surface area contributed by atoms with Crippen LogP contribution in [0.15, 0.2) is 52.1 Å². The molecule has 2 aromatic rings. The van der Waals surface area contributed by atoms with Gasteiger partial charge in [-0.15, -0.1) is 0 Å². The summed E-state index contributed by atoms with van der Waals surface area (Å²) in [5.74, 6) is 2.03. The molecule has 7 heteroatoms. The fourth-order valence-corrected chi connectivity index (χ4v) is 3.19. The van der Waals surface area contributed by atoms with Crippen LogP contribution in [0.3, 0.4) is 0 Å². The summed E-state index contributed by atoms with van der Waals surface area (Å²) < 4.78 is 11.0. The van der Waals surface area contributed by atoms with Gasteiger partial charge in [0.1, 0.15) is 5.75 Å². The highest BCUT2D eigenvalue weighted by Gasteiger charge is 2.25. The maximum absolute atomic E-state index is 12.4. The first-order chi connectivity index (χ1) is 13.6. The molecule has 1 aromatic carbocycles. The lowest BCUT2D eigenvalue weighted by molar-refractivity contribution is 0.0657. The van der Waals surface area contributed by atoms with Gasteiger partial charge in [-0.1, -0.05) is 12.1 Å². The van der Waals surface area contributed by atoms with Gasteiger partial charge in [-0.25, -0.2) is 0 Å². The molecule has 0 radical (unpaired) electrons. The molecule has 150 valence electrons. The molecule has 1 saturated heterocycles. The summed E-state index contributed by atoms with van der Waals surface area (Å²) in [6.45, 7) is 7.42. The van der Waals surface area contributed by atoms with E-state index in [-0.39, 0.29) is 12.0 Å². The summed E-state index contributed by atoms with van der Waals surface area (Å²) >= 11 is 0. The number of guanidine groups is 1. The van der Waals surface area contributed by atoms with Crippen molar-refractivity contribution in [1.82, 2.24) is 15.1 Å². The first-order valence-corrected chi connectivity index (χ1v) is 9.61. The molecule has 1 fully saturated rings. The highest BCUT2D eigenvalue weighted by atomic mass is 16.5. The van der Waals surface area contributed by atoms with Crippen LogP contribution in [0, 0.1) is 0 Å².